The maximum absolute atomic E-state index is 12.1. The van der Waals surface area contributed by atoms with Crippen LogP contribution in [0.25, 0.3) is 0 Å². The molecule has 1 fully saturated rings. The molecule has 25 heavy (non-hydrogen) atoms. The standard InChI is InChI=1S/C18H28N2O4S/c1-18(2,3)24-17(21)20-11-9-14(10-12-20)15-7-6-8-16(13-15)19(4)25(5,22)23/h6-8,13-14H,9-12H2,1-5H3. The molecule has 0 bridgehead atoms. The third kappa shape index (κ3) is 5.36. The monoisotopic (exact) mass is 368 g/mol. The fourth-order valence-corrected chi connectivity index (χ4v) is 3.38. The molecule has 6 nitrogen and oxygen atoms in total. The zero-order valence-electron chi connectivity index (χ0n) is 15.7. The van der Waals surface area contributed by atoms with E-state index in [1.807, 2.05) is 39.0 Å². The number of hydrogen-bond donors (Lipinski definition) is 0. The number of anilines is 1. The molecule has 1 saturated heterocycles. The molecule has 0 aliphatic carbocycles. The van der Waals surface area contributed by atoms with Gasteiger partial charge in [0.25, 0.3) is 0 Å². The van der Waals surface area contributed by atoms with Gasteiger partial charge in [-0.15, -0.1) is 0 Å². The Labute approximate surface area is 150 Å². The zero-order chi connectivity index (χ0) is 18.8. The highest BCUT2D eigenvalue weighted by molar-refractivity contribution is 7.92. The molecule has 1 heterocycles. The Bertz CT molecular complexity index is 717. The number of benzene rings is 1. The van der Waals surface area contributed by atoms with Crippen LogP contribution in [0.15, 0.2) is 24.3 Å². The third-order valence-corrected chi connectivity index (χ3v) is 5.56. The van der Waals surface area contributed by atoms with Crippen molar-refractivity contribution >= 4 is 21.8 Å². The van der Waals surface area contributed by atoms with E-state index in [1.165, 1.54) is 10.6 Å². The van der Waals surface area contributed by atoms with Crippen LogP contribution in [0.3, 0.4) is 0 Å². The van der Waals surface area contributed by atoms with Gasteiger partial charge in [-0.05, 0) is 57.2 Å². The normalized spacial score (nSPS) is 16.6. The first-order valence-corrected chi connectivity index (χ1v) is 10.3. The predicted molar refractivity (Wildman–Crippen MR) is 99.5 cm³/mol. The highest BCUT2D eigenvalue weighted by Gasteiger charge is 2.27. The average molecular weight is 368 g/mol. The number of sulfonamides is 1. The summed E-state index contributed by atoms with van der Waals surface area (Å²) in [4.78, 5) is 13.9. The number of rotatable bonds is 3. The van der Waals surface area contributed by atoms with Crippen molar-refractivity contribution in [2.45, 2.75) is 45.1 Å². The molecule has 140 valence electrons. The Kier molecular flexibility index (Phi) is 5.66. The van der Waals surface area contributed by atoms with Crippen LogP contribution in [-0.4, -0.2) is 51.4 Å². The summed E-state index contributed by atoms with van der Waals surface area (Å²) < 4.78 is 30.1. The van der Waals surface area contributed by atoms with E-state index in [9.17, 15) is 13.2 Å². The van der Waals surface area contributed by atoms with E-state index in [0.717, 1.165) is 18.4 Å². The maximum atomic E-state index is 12.1. The van der Waals surface area contributed by atoms with Crippen LogP contribution in [0.5, 0.6) is 0 Å². The molecule has 1 aliphatic heterocycles. The second kappa shape index (κ2) is 7.23. The first-order valence-electron chi connectivity index (χ1n) is 8.49. The first-order chi connectivity index (χ1) is 11.5. The van der Waals surface area contributed by atoms with Crippen LogP contribution in [-0.2, 0) is 14.8 Å². The SMILES string of the molecule is CN(c1cccc(C2CCN(C(=O)OC(C)(C)C)CC2)c1)S(C)(=O)=O. The average Bonchev–Trinajstić information content (AvgIpc) is 2.52. The van der Waals surface area contributed by atoms with E-state index >= 15 is 0 Å². The molecule has 0 saturated carbocycles. The van der Waals surface area contributed by atoms with Crippen LogP contribution in [0.4, 0.5) is 10.5 Å². The van der Waals surface area contributed by atoms with Crippen LogP contribution in [0, 0.1) is 0 Å². The Hall–Kier alpha value is -1.76. The van der Waals surface area contributed by atoms with E-state index in [4.69, 9.17) is 4.74 Å². The second-order valence-corrected chi connectivity index (χ2v) is 9.58. The summed E-state index contributed by atoms with van der Waals surface area (Å²) in [7, 11) is -1.72. The lowest BCUT2D eigenvalue weighted by molar-refractivity contribution is 0.0205. The molecule has 1 aromatic carbocycles. The molecule has 1 aromatic rings. The van der Waals surface area contributed by atoms with Crippen molar-refractivity contribution in [3.05, 3.63) is 29.8 Å². The number of carbonyl (C=O) groups is 1. The topological polar surface area (TPSA) is 66.9 Å². The van der Waals surface area contributed by atoms with Crippen molar-refractivity contribution in [3.8, 4) is 0 Å². The number of carbonyl (C=O) groups excluding carboxylic acids is 1. The molecule has 0 spiro atoms. The fourth-order valence-electron chi connectivity index (χ4n) is 2.89. The first kappa shape index (κ1) is 19.6. The Morgan fingerprint density at radius 3 is 2.36 bits per heavy atom. The van der Waals surface area contributed by atoms with Crippen molar-refractivity contribution in [2.75, 3.05) is 30.7 Å². The van der Waals surface area contributed by atoms with Crippen LogP contribution in [0.2, 0.25) is 0 Å². The van der Waals surface area contributed by atoms with Crippen molar-refractivity contribution in [2.24, 2.45) is 0 Å². The molecule has 2 rings (SSSR count). The van der Waals surface area contributed by atoms with E-state index in [0.29, 0.717) is 24.7 Å². The largest absolute Gasteiger partial charge is 0.444 e. The van der Waals surface area contributed by atoms with Gasteiger partial charge in [0, 0.05) is 20.1 Å². The van der Waals surface area contributed by atoms with Crippen molar-refractivity contribution < 1.29 is 17.9 Å². The zero-order valence-corrected chi connectivity index (χ0v) is 16.5. The minimum absolute atomic E-state index is 0.267. The highest BCUT2D eigenvalue weighted by atomic mass is 32.2. The second-order valence-electron chi connectivity index (χ2n) is 7.57. The lowest BCUT2D eigenvalue weighted by Gasteiger charge is -2.33. The molecule has 0 unspecified atom stereocenters. The Balaban J connectivity index is 2.03. The summed E-state index contributed by atoms with van der Waals surface area (Å²) in [6, 6.07) is 7.62. The third-order valence-electron chi connectivity index (χ3n) is 4.35. The summed E-state index contributed by atoms with van der Waals surface area (Å²) >= 11 is 0. The van der Waals surface area contributed by atoms with Gasteiger partial charge in [-0.25, -0.2) is 13.2 Å². The van der Waals surface area contributed by atoms with Gasteiger partial charge >= 0.3 is 6.09 Å². The number of piperidine rings is 1. The maximum Gasteiger partial charge on any atom is 0.410 e. The van der Waals surface area contributed by atoms with Gasteiger partial charge in [0.1, 0.15) is 5.60 Å². The lowest BCUT2D eigenvalue weighted by Crippen LogP contribution is -2.41. The van der Waals surface area contributed by atoms with Gasteiger partial charge in [-0.1, -0.05) is 12.1 Å². The van der Waals surface area contributed by atoms with Gasteiger partial charge in [0.05, 0.1) is 11.9 Å². The molecule has 0 N–H and O–H groups in total. The molecule has 1 amide bonds. The van der Waals surface area contributed by atoms with Gasteiger partial charge in [0.2, 0.25) is 10.0 Å². The summed E-state index contributed by atoms with van der Waals surface area (Å²) in [5.74, 6) is 0.312. The number of ether oxygens (including phenoxy) is 1. The number of nitrogens with zero attached hydrogens (tertiary/aromatic N) is 2. The molecule has 0 aromatic heterocycles. The molecule has 0 radical (unpaired) electrons. The Morgan fingerprint density at radius 2 is 1.84 bits per heavy atom. The van der Waals surface area contributed by atoms with Crippen LogP contribution < -0.4 is 4.31 Å². The van der Waals surface area contributed by atoms with Crippen molar-refractivity contribution in [1.29, 1.82) is 0 Å². The number of amides is 1. The van der Waals surface area contributed by atoms with E-state index < -0.39 is 15.6 Å². The molecule has 1 aliphatic rings. The summed E-state index contributed by atoms with van der Waals surface area (Å²) in [5.41, 5.74) is 1.28. The quantitative estimate of drug-likeness (QED) is 0.822. The predicted octanol–water partition coefficient (Wildman–Crippen LogP) is 3.20. The number of hydrogen-bond acceptors (Lipinski definition) is 4. The smallest absolute Gasteiger partial charge is 0.410 e. The Morgan fingerprint density at radius 1 is 1.24 bits per heavy atom. The van der Waals surface area contributed by atoms with Crippen molar-refractivity contribution in [1.82, 2.24) is 4.90 Å². The van der Waals surface area contributed by atoms with E-state index in [1.54, 1.807) is 18.0 Å². The van der Waals surface area contributed by atoms with Gasteiger partial charge in [0.15, 0.2) is 0 Å². The van der Waals surface area contributed by atoms with E-state index in [-0.39, 0.29) is 6.09 Å². The molecule has 7 heteroatoms. The summed E-state index contributed by atoms with van der Waals surface area (Å²) in [6.45, 7) is 6.88. The molecule has 0 atom stereocenters. The minimum atomic E-state index is -3.28. The van der Waals surface area contributed by atoms with Crippen LogP contribution in [0.1, 0.15) is 45.1 Å². The summed E-state index contributed by atoms with van der Waals surface area (Å²) in [6.07, 6.45) is 2.60. The van der Waals surface area contributed by atoms with Gasteiger partial charge < -0.3 is 9.64 Å². The van der Waals surface area contributed by atoms with Gasteiger partial charge in [-0.2, -0.15) is 0 Å². The van der Waals surface area contributed by atoms with Crippen molar-refractivity contribution in [3.63, 3.8) is 0 Å². The van der Waals surface area contributed by atoms with Gasteiger partial charge in [-0.3, -0.25) is 4.31 Å². The van der Waals surface area contributed by atoms with Crippen LogP contribution >= 0.6 is 0 Å². The number of likely N-dealkylation sites (tertiary alicyclic amines) is 1. The van der Waals surface area contributed by atoms with E-state index in [2.05, 4.69) is 0 Å². The molecular formula is C18H28N2O4S. The minimum Gasteiger partial charge on any atom is -0.444 e. The summed E-state index contributed by atoms with van der Waals surface area (Å²) in [5, 5.41) is 0. The fraction of sp³-hybridized carbons (Fsp3) is 0.611. The highest BCUT2D eigenvalue weighted by Crippen LogP contribution is 2.31. The molecular weight excluding hydrogens is 340 g/mol. The lowest BCUT2D eigenvalue weighted by atomic mass is 9.89.